The molecule has 0 saturated heterocycles. The molecule has 8 nitrogen and oxygen atoms in total. The molecule has 10 heteroatoms. The van der Waals surface area contributed by atoms with Crippen LogP contribution in [0, 0.1) is 17.7 Å². The maximum absolute atomic E-state index is 12.9. The zero-order valence-electron chi connectivity index (χ0n) is 20.9. The third-order valence-electron chi connectivity index (χ3n) is 5.59. The van der Waals surface area contributed by atoms with Crippen LogP contribution < -0.4 is 21.7 Å². The molecule has 0 spiro atoms. The molecule has 6 N–H and O–H groups in total. The number of benzene rings is 2. The van der Waals surface area contributed by atoms with E-state index < -0.39 is 6.03 Å². The minimum Gasteiger partial charge on any atom is -0.383 e. The molecular formula is C27H28ClN7OS. The van der Waals surface area contributed by atoms with Gasteiger partial charge >= 0.3 is 6.03 Å². The molecule has 0 bridgehead atoms. The summed E-state index contributed by atoms with van der Waals surface area (Å²) in [5.74, 6) is 0.768. The SMILES string of the molecule is Cc1ccc(N/C(=C\C(=N)C(C)(C)C)NC(=O)Nc2ccc(-c3csc4ncnc(N)c34)c(Cl)c2)cc1. The number of nitrogens with zero attached hydrogens (tertiary/aromatic N) is 2. The average molecular weight is 534 g/mol. The number of allylic oxidation sites excluding steroid dienone is 1. The Hall–Kier alpha value is -3.95. The first kappa shape index (κ1) is 26.1. The number of nitrogen functional groups attached to an aromatic ring is 1. The molecule has 0 saturated carbocycles. The zero-order chi connectivity index (χ0) is 26.7. The Kier molecular flexibility index (Phi) is 7.47. The smallest absolute Gasteiger partial charge is 0.324 e. The number of amides is 2. The van der Waals surface area contributed by atoms with Gasteiger partial charge in [-0.05, 0) is 31.2 Å². The van der Waals surface area contributed by atoms with Gasteiger partial charge in [0.05, 0.1) is 10.4 Å². The number of hydrogen-bond acceptors (Lipinski definition) is 7. The summed E-state index contributed by atoms with van der Waals surface area (Å²) in [6, 6.07) is 12.5. The van der Waals surface area contributed by atoms with E-state index in [1.165, 1.54) is 17.7 Å². The van der Waals surface area contributed by atoms with Crippen LogP contribution in [0.25, 0.3) is 21.3 Å². The first-order chi connectivity index (χ1) is 17.5. The number of halogens is 1. The van der Waals surface area contributed by atoms with Crippen LogP contribution in [0.1, 0.15) is 26.3 Å². The van der Waals surface area contributed by atoms with Crippen molar-refractivity contribution in [1.82, 2.24) is 15.3 Å². The number of nitrogens with one attached hydrogen (secondary N) is 4. The van der Waals surface area contributed by atoms with Gasteiger partial charge in [0.25, 0.3) is 0 Å². The predicted octanol–water partition coefficient (Wildman–Crippen LogP) is 7.04. The highest BCUT2D eigenvalue weighted by Crippen LogP contribution is 2.39. The van der Waals surface area contributed by atoms with Gasteiger partial charge in [0, 0.05) is 45.1 Å². The van der Waals surface area contributed by atoms with Crippen molar-refractivity contribution >= 4 is 62.1 Å². The lowest BCUT2D eigenvalue weighted by molar-refractivity contribution is 0.254. The summed E-state index contributed by atoms with van der Waals surface area (Å²) in [7, 11) is 0. The van der Waals surface area contributed by atoms with E-state index in [0.717, 1.165) is 32.6 Å². The summed E-state index contributed by atoms with van der Waals surface area (Å²) >= 11 is 8.06. The second-order valence-corrected chi connectivity index (χ2v) is 10.8. The van der Waals surface area contributed by atoms with E-state index in [1.54, 1.807) is 18.2 Å². The highest BCUT2D eigenvalue weighted by Gasteiger charge is 2.18. The van der Waals surface area contributed by atoms with Crippen molar-refractivity contribution in [3.63, 3.8) is 0 Å². The van der Waals surface area contributed by atoms with Crippen LogP contribution in [0.3, 0.4) is 0 Å². The van der Waals surface area contributed by atoms with Crippen LogP contribution in [-0.2, 0) is 0 Å². The Balaban J connectivity index is 1.53. The number of fused-ring (bicyclic) bond motifs is 1. The minimum atomic E-state index is -0.477. The molecule has 0 aliphatic carbocycles. The molecule has 0 radical (unpaired) electrons. The molecule has 0 fully saturated rings. The molecule has 2 amide bonds. The number of anilines is 3. The number of hydrogen-bond donors (Lipinski definition) is 5. The Labute approximate surface area is 224 Å². The molecule has 0 aliphatic rings. The largest absolute Gasteiger partial charge is 0.383 e. The molecule has 0 atom stereocenters. The molecule has 4 rings (SSSR count). The number of urea groups is 1. The summed E-state index contributed by atoms with van der Waals surface area (Å²) in [6.07, 6.45) is 3.05. The second kappa shape index (κ2) is 10.6. The van der Waals surface area contributed by atoms with Crippen molar-refractivity contribution in [2.24, 2.45) is 5.41 Å². The van der Waals surface area contributed by atoms with E-state index in [1.807, 2.05) is 63.4 Å². The van der Waals surface area contributed by atoms with Gasteiger partial charge in [-0.25, -0.2) is 14.8 Å². The zero-order valence-corrected chi connectivity index (χ0v) is 22.5. The molecule has 2 aromatic carbocycles. The molecule has 190 valence electrons. The summed E-state index contributed by atoms with van der Waals surface area (Å²) in [6.45, 7) is 7.82. The summed E-state index contributed by atoms with van der Waals surface area (Å²) in [5, 5.41) is 20.4. The van der Waals surface area contributed by atoms with Crippen molar-refractivity contribution in [1.29, 1.82) is 5.41 Å². The van der Waals surface area contributed by atoms with E-state index in [-0.39, 0.29) is 5.41 Å². The summed E-state index contributed by atoms with van der Waals surface area (Å²) in [5.41, 5.74) is 10.1. The third kappa shape index (κ3) is 6.25. The highest BCUT2D eigenvalue weighted by atomic mass is 35.5. The lowest BCUT2D eigenvalue weighted by atomic mass is 9.90. The Bertz CT molecular complexity index is 1500. The first-order valence-corrected chi connectivity index (χ1v) is 12.8. The molecule has 37 heavy (non-hydrogen) atoms. The average Bonchev–Trinajstić information content (AvgIpc) is 3.25. The van der Waals surface area contributed by atoms with Gasteiger partial charge in [-0.1, -0.05) is 56.1 Å². The Morgan fingerprint density at radius 1 is 1.05 bits per heavy atom. The van der Waals surface area contributed by atoms with Crippen LogP contribution in [0.2, 0.25) is 5.02 Å². The fraction of sp³-hybridized carbons (Fsp3) is 0.185. The molecule has 2 aromatic heterocycles. The van der Waals surface area contributed by atoms with Crippen molar-refractivity contribution < 1.29 is 4.79 Å². The van der Waals surface area contributed by atoms with Gasteiger partial charge in [-0.3, -0.25) is 5.32 Å². The molecule has 0 aliphatic heterocycles. The lowest BCUT2D eigenvalue weighted by Gasteiger charge is -2.20. The first-order valence-electron chi connectivity index (χ1n) is 11.5. The fourth-order valence-corrected chi connectivity index (χ4v) is 4.65. The number of carbonyl (C=O) groups is 1. The topological polar surface area (TPSA) is 129 Å². The van der Waals surface area contributed by atoms with Crippen LogP contribution >= 0.6 is 22.9 Å². The van der Waals surface area contributed by atoms with Crippen LogP contribution in [0.5, 0.6) is 0 Å². The highest BCUT2D eigenvalue weighted by molar-refractivity contribution is 7.17. The second-order valence-electron chi connectivity index (χ2n) is 9.57. The van der Waals surface area contributed by atoms with Gasteiger partial charge in [-0.2, -0.15) is 0 Å². The Morgan fingerprint density at radius 3 is 2.43 bits per heavy atom. The van der Waals surface area contributed by atoms with Crippen molar-refractivity contribution in [3.8, 4) is 11.1 Å². The monoisotopic (exact) mass is 533 g/mol. The predicted molar refractivity (Wildman–Crippen MR) is 154 cm³/mol. The van der Waals surface area contributed by atoms with Crippen molar-refractivity contribution in [3.05, 3.63) is 76.7 Å². The fourth-order valence-electron chi connectivity index (χ4n) is 3.45. The van der Waals surface area contributed by atoms with Gasteiger partial charge in [0.1, 0.15) is 22.8 Å². The summed E-state index contributed by atoms with van der Waals surface area (Å²) in [4.78, 5) is 22.0. The van der Waals surface area contributed by atoms with E-state index in [4.69, 9.17) is 22.7 Å². The van der Waals surface area contributed by atoms with Gasteiger partial charge in [0.15, 0.2) is 0 Å². The third-order valence-corrected chi connectivity index (χ3v) is 6.79. The number of rotatable bonds is 6. The quantitative estimate of drug-likeness (QED) is 0.170. The number of carbonyl (C=O) groups excluding carboxylic acids is 1. The van der Waals surface area contributed by atoms with Gasteiger partial charge in [-0.15, -0.1) is 11.3 Å². The lowest BCUT2D eigenvalue weighted by Crippen LogP contribution is -2.32. The van der Waals surface area contributed by atoms with E-state index in [0.29, 0.717) is 28.1 Å². The van der Waals surface area contributed by atoms with Crippen LogP contribution in [0.4, 0.5) is 22.0 Å². The number of thiophene rings is 1. The maximum atomic E-state index is 12.9. The maximum Gasteiger partial charge on any atom is 0.324 e. The van der Waals surface area contributed by atoms with Gasteiger partial charge < -0.3 is 21.8 Å². The number of aryl methyl sites for hydroxylation is 1. The van der Waals surface area contributed by atoms with E-state index in [2.05, 4.69) is 25.9 Å². The molecule has 4 aromatic rings. The van der Waals surface area contributed by atoms with E-state index >= 15 is 0 Å². The summed E-state index contributed by atoms with van der Waals surface area (Å²) < 4.78 is 0. The van der Waals surface area contributed by atoms with Crippen molar-refractivity contribution in [2.45, 2.75) is 27.7 Å². The van der Waals surface area contributed by atoms with Crippen molar-refractivity contribution in [2.75, 3.05) is 16.4 Å². The standard InChI is InChI=1S/C27H28ClN7OS/c1-15-5-7-16(8-6-15)33-22(12-21(29)27(2,3)4)35-26(36)34-17-9-10-18(20(28)11-17)19-13-37-25-23(19)24(30)31-14-32-25/h5-14,29,33H,1-4H3,(H2,30,31,32)(H2,34,35,36)/b22-12+,29-21?. The number of nitrogens with two attached hydrogens (primary N) is 1. The molecular weight excluding hydrogens is 506 g/mol. The minimum absolute atomic E-state index is 0.362. The van der Waals surface area contributed by atoms with Crippen LogP contribution in [0.15, 0.2) is 66.1 Å². The Morgan fingerprint density at radius 2 is 1.76 bits per heavy atom. The van der Waals surface area contributed by atoms with Crippen LogP contribution in [-0.4, -0.2) is 21.7 Å². The number of aromatic nitrogens is 2. The van der Waals surface area contributed by atoms with Gasteiger partial charge in [0.2, 0.25) is 0 Å². The van der Waals surface area contributed by atoms with E-state index in [9.17, 15) is 4.79 Å². The normalized spacial score (nSPS) is 11.9. The molecule has 0 unspecified atom stereocenters. The molecule has 2 heterocycles.